The molecule has 1 aromatic carbocycles. The normalized spacial score (nSPS) is 18.1. The number of fused-ring (bicyclic) bond motifs is 2. The monoisotopic (exact) mass is 446 g/mol. The minimum Gasteiger partial charge on any atom is -0.305 e. The van der Waals surface area contributed by atoms with Gasteiger partial charge >= 0.3 is 0 Å². The van der Waals surface area contributed by atoms with Crippen molar-refractivity contribution in [3.8, 4) is 5.69 Å². The van der Waals surface area contributed by atoms with Crippen LogP contribution in [-0.2, 0) is 4.79 Å². The van der Waals surface area contributed by atoms with Crippen LogP contribution in [0.1, 0.15) is 12.5 Å². The first-order valence-electron chi connectivity index (χ1n) is 8.96. The lowest BCUT2D eigenvalue weighted by molar-refractivity contribution is -0.120. The van der Waals surface area contributed by atoms with E-state index in [0.717, 1.165) is 18.0 Å². The van der Waals surface area contributed by atoms with E-state index in [2.05, 4.69) is 20.4 Å². The molecule has 8 nitrogen and oxygen atoms in total. The van der Waals surface area contributed by atoms with Crippen LogP contribution in [0.5, 0.6) is 0 Å². The molecule has 5 rings (SSSR count). The Labute approximate surface area is 178 Å². The Balaban J connectivity index is 1.48. The zero-order valence-electron chi connectivity index (χ0n) is 15.0. The lowest BCUT2D eigenvalue weighted by Crippen LogP contribution is -2.32. The highest BCUT2D eigenvalue weighted by atomic mass is 35.5. The fraction of sp³-hybridized carbons (Fsp3) is 0.278. The van der Waals surface area contributed by atoms with Gasteiger partial charge in [0.2, 0.25) is 5.91 Å². The van der Waals surface area contributed by atoms with Gasteiger partial charge in [0.1, 0.15) is 5.39 Å². The van der Waals surface area contributed by atoms with Crippen LogP contribution in [0.4, 0.5) is 0 Å². The summed E-state index contributed by atoms with van der Waals surface area (Å²) < 4.78 is 3.22. The Morgan fingerprint density at radius 1 is 1.34 bits per heavy atom. The van der Waals surface area contributed by atoms with E-state index in [4.69, 9.17) is 11.6 Å². The molecule has 0 saturated heterocycles. The van der Waals surface area contributed by atoms with Crippen LogP contribution in [0.25, 0.3) is 16.7 Å². The number of thioether (sulfide) groups is 2. The number of amidine groups is 1. The minimum absolute atomic E-state index is 0.141. The molecule has 1 unspecified atom stereocenters. The average Bonchev–Trinajstić information content (AvgIpc) is 3.42. The molecular weight excluding hydrogens is 432 g/mol. The van der Waals surface area contributed by atoms with Crippen LogP contribution in [-0.4, -0.2) is 48.5 Å². The van der Waals surface area contributed by atoms with E-state index in [0.29, 0.717) is 32.1 Å². The molecule has 0 radical (unpaired) electrons. The fourth-order valence-electron chi connectivity index (χ4n) is 3.37. The molecule has 29 heavy (non-hydrogen) atoms. The standard InChI is InChI=1S/C18H15ClN6O2S2/c19-10-2-1-3-11(6-10)25-15-13(8-21-25)16(27)24-12(9-29-18(24)23-15)7-14(26)22-17-20-4-5-28-17/h1-3,6,8,12H,4-5,7,9H2,(H,20,22,26). The number of hydrogen-bond acceptors (Lipinski definition) is 7. The van der Waals surface area contributed by atoms with Crippen molar-refractivity contribution in [2.45, 2.75) is 17.6 Å². The SMILES string of the molecule is O=C(CC1CSc2nc3c(cnn3-c3cccc(Cl)c3)c(=O)n21)NC1=NCCS1. The van der Waals surface area contributed by atoms with Crippen LogP contribution in [0.15, 0.2) is 45.4 Å². The van der Waals surface area contributed by atoms with E-state index < -0.39 is 0 Å². The molecule has 3 aromatic rings. The van der Waals surface area contributed by atoms with Crippen molar-refractivity contribution in [2.24, 2.45) is 4.99 Å². The van der Waals surface area contributed by atoms with Gasteiger partial charge in [0.15, 0.2) is 16.0 Å². The van der Waals surface area contributed by atoms with E-state index in [-0.39, 0.29) is 23.9 Å². The van der Waals surface area contributed by atoms with Crippen molar-refractivity contribution in [1.29, 1.82) is 0 Å². The van der Waals surface area contributed by atoms with E-state index >= 15 is 0 Å². The third kappa shape index (κ3) is 3.45. The molecule has 148 valence electrons. The summed E-state index contributed by atoms with van der Waals surface area (Å²) in [4.78, 5) is 34.4. The number of rotatable bonds is 3. The molecule has 0 saturated carbocycles. The number of nitrogens with zero attached hydrogens (tertiary/aromatic N) is 5. The minimum atomic E-state index is -0.249. The molecular formula is C18H15ClN6O2S2. The van der Waals surface area contributed by atoms with Gasteiger partial charge in [0.25, 0.3) is 5.56 Å². The molecule has 4 heterocycles. The second-order valence-electron chi connectivity index (χ2n) is 6.60. The largest absolute Gasteiger partial charge is 0.305 e. The lowest BCUT2D eigenvalue weighted by Gasteiger charge is -2.13. The number of aliphatic imine (C=N–C) groups is 1. The maximum absolute atomic E-state index is 13.1. The second-order valence-corrected chi connectivity index (χ2v) is 9.10. The van der Waals surface area contributed by atoms with E-state index in [1.165, 1.54) is 29.7 Å². The summed E-state index contributed by atoms with van der Waals surface area (Å²) in [6.07, 6.45) is 1.72. The van der Waals surface area contributed by atoms with Crippen molar-refractivity contribution < 1.29 is 4.79 Å². The molecule has 0 aliphatic carbocycles. The fourth-order valence-corrected chi connectivity index (χ4v) is 5.43. The second kappa shape index (κ2) is 7.51. The zero-order valence-corrected chi connectivity index (χ0v) is 17.4. The van der Waals surface area contributed by atoms with Crippen LogP contribution < -0.4 is 10.9 Å². The van der Waals surface area contributed by atoms with Crippen molar-refractivity contribution in [3.63, 3.8) is 0 Å². The quantitative estimate of drug-likeness (QED) is 0.621. The number of carbonyl (C=O) groups excluding carboxylic acids is 1. The third-order valence-corrected chi connectivity index (χ3v) is 6.90. The number of aromatic nitrogens is 4. The van der Waals surface area contributed by atoms with Gasteiger partial charge < -0.3 is 5.32 Å². The Bertz CT molecular complexity index is 1220. The maximum atomic E-state index is 13.1. The van der Waals surface area contributed by atoms with Gasteiger partial charge in [-0.25, -0.2) is 9.67 Å². The first-order valence-corrected chi connectivity index (χ1v) is 11.3. The number of carbonyl (C=O) groups is 1. The molecule has 1 atom stereocenters. The van der Waals surface area contributed by atoms with Gasteiger partial charge in [0, 0.05) is 22.9 Å². The van der Waals surface area contributed by atoms with Crippen LogP contribution in [0, 0.1) is 0 Å². The predicted molar refractivity (Wildman–Crippen MR) is 115 cm³/mol. The van der Waals surface area contributed by atoms with Gasteiger partial charge in [-0.05, 0) is 18.2 Å². The smallest absolute Gasteiger partial charge is 0.265 e. The number of amides is 1. The van der Waals surface area contributed by atoms with Gasteiger partial charge in [0.05, 0.1) is 24.5 Å². The molecule has 2 aromatic heterocycles. The van der Waals surface area contributed by atoms with Gasteiger partial charge in [-0.1, -0.05) is 41.2 Å². The third-order valence-electron chi connectivity index (χ3n) is 4.68. The average molecular weight is 447 g/mol. The summed E-state index contributed by atoms with van der Waals surface area (Å²) in [6.45, 7) is 0.723. The number of halogens is 1. The number of nitrogens with one attached hydrogen (secondary N) is 1. The maximum Gasteiger partial charge on any atom is 0.265 e. The summed E-state index contributed by atoms with van der Waals surface area (Å²) in [7, 11) is 0. The summed E-state index contributed by atoms with van der Waals surface area (Å²) in [5.74, 6) is 1.36. The van der Waals surface area contributed by atoms with Crippen molar-refractivity contribution in [2.75, 3.05) is 18.1 Å². The molecule has 2 aliphatic rings. The van der Waals surface area contributed by atoms with Crippen LogP contribution in [0.2, 0.25) is 5.02 Å². The van der Waals surface area contributed by atoms with E-state index in [1.807, 2.05) is 12.1 Å². The summed E-state index contributed by atoms with van der Waals surface area (Å²) >= 11 is 9.09. The Hall–Kier alpha value is -2.30. The van der Waals surface area contributed by atoms with Gasteiger partial charge in [-0.3, -0.25) is 19.1 Å². The first-order chi connectivity index (χ1) is 14.1. The summed E-state index contributed by atoms with van der Waals surface area (Å²) in [6, 6.07) is 6.97. The summed E-state index contributed by atoms with van der Waals surface area (Å²) in [5.41, 5.74) is 1.03. The molecule has 2 aliphatic heterocycles. The van der Waals surface area contributed by atoms with Gasteiger partial charge in [-0.2, -0.15) is 5.10 Å². The van der Waals surface area contributed by atoms with Gasteiger partial charge in [-0.15, -0.1) is 0 Å². The Morgan fingerprint density at radius 2 is 2.24 bits per heavy atom. The van der Waals surface area contributed by atoms with E-state index in [1.54, 1.807) is 21.4 Å². The highest BCUT2D eigenvalue weighted by Gasteiger charge is 2.30. The molecule has 0 bridgehead atoms. The highest BCUT2D eigenvalue weighted by Crippen LogP contribution is 2.33. The molecule has 11 heteroatoms. The zero-order chi connectivity index (χ0) is 20.0. The lowest BCUT2D eigenvalue weighted by atomic mass is 10.2. The van der Waals surface area contributed by atoms with Crippen LogP contribution in [0.3, 0.4) is 0 Å². The highest BCUT2D eigenvalue weighted by molar-refractivity contribution is 8.14. The van der Waals surface area contributed by atoms with Crippen molar-refractivity contribution in [3.05, 3.63) is 45.8 Å². The molecule has 0 fully saturated rings. The summed E-state index contributed by atoms with van der Waals surface area (Å²) in [5, 5.41) is 9.41. The van der Waals surface area contributed by atoms with E-state index in [9.17, 15) is 9.59 Å². The van der Waals surface area contributed by atoms with Crippen molar-refractivity contribution in [1.82, 2.24) is 24.6 Å². The number of benzene rings is 1. The number of hydrogen-bond donors (Lipinski definition) is 1. The first kappa shape index (κ1) is 18.7. The molecule has 1 amide bonds. The Kier molecular flexibility index (Phi) is 4.84. The predicted octanol–water partition coefficient (Wildman–Crippen LogP) is 2.49. The molecule has 0 spiro atoms. The topological polar surface area (TPSA) is 94.2 Å². The molecule has 1 N–H and O–H groups in total. The Morgan fingerprint density at radius 3 is 3.03 bits per heavy atom. The van der Waals surface area contributed by atoms with Crippen LogP contribution >= 0.6 is 35.1 Å². The van der Waals surface area contributed by atoms with Crippen molar-refractivity contribution >= 4 is 57.2 Å².